The van der Waals surface area contributed by atoms with Crippen molar-refractivity contribution < 1.29 is 0 Å². The van der Waals surface area contributed by atoms with Gasteiger partial charge in [-0.3, -0.25) is 5.43 Å². The topological polar surface area (TPSA) is 37.3 Å². The third-order valence-electron chi connectivity index (χ3n) is 3.15. The van der Waals surface area contributed by atoms with E-state index >= 15 is 0 Å². The molecule has 0 atom stereocenters. The van der Waals surface area contributed by atoms with E-state index in [4.69, 9.17) is 11.6 Å². The number of halogens is 1. The second-order valence-electron chi connectivity index (χ2n) is 4.80. The summed E-state index contributed by atoms with van der Waals surface area (Å²) in [5.74, 6) is 0. The molecule has 0 aliphatic rings. The summed E-state index contributed by atoms with van der Waals surface area (Å²) in [5, 5.41) is 5.70. The number of aromatic nitrogens is 1. The maximum atomic E-state index is 6.18. The Bertz CT molecular complexity index is 795. The molecule has 0 saturated heterocycles. The number of rotatable bonds is 3. The molecule has 3 rings (SSSR count). The molecule has 4 heteroatoms. The number of benzene rings is 2. The van der Waals surface area contributed by atoms with Gasteiger partial charge in [0.2, 0.25) is 0 Å². The highest BCUT2D eigenvalue weighted by molar-refractivity contribution is 6.32. The highest BCUT2D eigenvalue weighted by Gasteiger charge is 2.02. The summed E-state index contributed by atoms with van der Waals surface area (Å²) in [4.78, 5) is 4.36. The first-order chi connectivity index (χ1) is 10.2. The quantitative estimate of drug-likeness (QED) is 0.434. The van der Waals surface area contributed by atoms with Crippen LogP contribution < -0.4 is 5.43 Å². The highest BCUT2D eigenvalue weighted by atomic mass is 35.5. The van der Waals surface area contributed by atoms with Crippen LogP contribution in [0.4, 0.5) is 5.69 Å². The van der Waals surface area contributed by atoms with Crippen LogP contribution in [0.1, 0.15) is 11.1 Å². The van der Waals surface area contributed by atoms with Gasteiger partial charge in [-0.05, 0) is 31.2 Å². The smallest absolute Gasteiger partial charge is 0.138 e. The number of pyridine rings is 1. The second-order valence-corrected chi connectivity index (χ2v) is 5.16. The van der Waals surface area contributed by atoms with Crippen molar-refractivity contribution in [2.75, 3.05) is 5.43 Å². The lowest BCUT2D eigenvalue weighted by Gasteiger charge is -2.03. The zero-order valence-corrected chi connectivity index (χ0v) is 12.3. The Hall–Kier alpha value is -2.39. The minimum absolute atomic E-state index is 0.447. The van der Waals surface area contributed by atoms with E-state index in [9.17, 15) is 0 Å². The SMILES string of the molecule is Cc1ccc(N/N=C/c2cc3ccccc3nc2Cl)cc1. The van der Waals surface area contributed by atoms with Crippen molar-refractivity contribution in [2.45, 2.75) is 6.92 Å². The fourth-order valence-corrected chi connectivity index (χ4v) is 2.20. The Morgan fingerprint density at radius 1 is 1.10 bits per heavy atom. The molecule has 21 heavy (non-hydrogen) atoms. The predicted octanol–water partition coefficient (Wildman–Crippen LogP) is 4.64. The minimum Gasteiger partial charge on any atom is -0.279 e. The van der Waals surface area contributed by atoms with Crippen molar-refractivity contribution in [3.63, 3.8) is 0 Å². The van der Waals surface area contributed by atoms with Crippen LogP contribution in [0.2, 0.25) is 5.15 Å². The Morgan fingerprint density at radius 2 is 1.86 bits per heavy atom. The van der Waals surface area contributed by atoms with Gasteiger partial charge >= 0.3 is 0 Å². The van der Waals surface area contributed by atoms with E-state index < -0.39 is 0 Å². The first kappa shape index (κ1) is 13.6. The van der Waals surface area contributed by atoms with Gasteiger partial charge in [-0.1, -0.05) is 47.5 Å². The number of hydrogen-bond donors (Lipinski definition) is 1. The number of anilines is 1. The molecule has 0 radical (unpaired) electrons. The third kappa shape index (κ3) is 3.20. The third-order valence-corrected chi connectivity index (χ3v) is 3.46. The lowest BCUT2D eigenvalue weighted by Crippen LogP contribution is -1.93. The van der Waals surface area contributed by atoms with Gasteiger partial charge < -0.3 is 0 Å². The Kier molecular flexibility index (Phi) is 3.84. The first-order valence-corrected chi connectivity index (χ1v) is 7.01. The molecule has 0 spiro atoms. The van der Waals surface area contributed by atoms with Crippen LogP contribution in [0, 0.1) is 6.92 Å². The van der Waals surface area contributed by atoms with Crippen LogP contribution in [0.5, 0.6) is 0 Å². The number of fused-ring (bicyclic) bond motifs is 1. The summed E-state index contributed by atoms with van der Waals surface area (Å²) in [6.45, 7) is 2.05. The second kappa shape index (κ2) is 5.94. The molecule has 2 aromatic carbocycles. The maximum Gasteiger partial charge on any atom is 0.138 e. The molecule has 0 bridgehead atoms. The average molecular weight is 296 g/mol. The summed E-state index contributed by atoms with van der Waals surface area (Å²) in [6, 6.07) is 17.9. The van der Waals surface area contributed by atoms with E-state index in [1.807, 2.05) is 61.5 Å². The van der Waals surface area contributed by atoms with Crippen molar-refractivity contribution in [3.8, 4) is 0 Å². The molecule has 0 aliphatic heterocycles. The zero-order chi connectivity index (χ0) is 14.7. The van der Waals surface area contributed by atoms with Crippen LogP contribution in [-0.4, -0.2) is 11.2 Å². The molecule has 0 fully saturated rings. The molecule has 3 aromatic rings. The van der Waals surface area contributed by atoms with E-state index in [1.54, 1.807) is 6.21 Å². The van der Waals surface area contributed by atoms with Crippen molar-refractivity contribution in [3.05, 3.63) is 70.9 Å². The first-order valence-electron chi connectivity index (χ1n) is 6.63. The summed E-state index contributed by atoms with van der Waals surface area (Å²) < 4.78 is 0. The molecular weight excluding hydrogens is 282 g/mol. The standard InChI is InChI=1S/C17H14ClN3/c1-12-6-8-15(9-7-12)21-19-11-14-10-13-4-2-3-5-16(13)20-17(14)18/h2-11,21H,1H3/b19-11+. The lowest BCUT2D eigenvalue weighted by molar-refractivity contribution is 1.33. The highest BCUT2D eigenvalue weighted by Crippen LogP contribution is 2.19. The van der Waals surface area contributed by atoms with Crippen LogP contribution in [0.15, 0.2) is 59.7 Å². The van der Waals surface area contributed by atoms with Gasteiger partial charge in [-0.25, -0.2) is 4.98 Å². The summed E-state index contributed by atoms with van der Waals surface area (Å²) in [6.07, 6.45) is 1.68. The summed E-state index contributed by atoms with van der Waals surface area (Å²) in [5.41, 5.74) is 6.79. The van der Waals surface area contributed by atoms with E-state index in [2.05, 4.69) is 15.5 Å². The molecule has 0 unspecified atom stereocenters. The van der Waals surface area contributed by atoms with Gasteiger partial charge in [-0.2, -0.15) is 5.10 Å². The lowest BCUT2D eigenvalue weighted by atomic mass is 10.2. The fraction of sp³-hybridized carbons (Fsp3) is 0.0588. The number of nitrogens with zero attached hydrogens (tertiary/aromatic N) is 2. The molecule has 0 amide bonds. The molecule has 1 N–H and O–H groups in total. The van der Waals surface area contributed by atoms with Crippen molar-refractivity contribution in [2.24, 2.45) is 5.10 Å². The molecule has 0 aliphatic carbocycles. The Labute approximate surface area is 128 Å². The number of nitrogens with one attached hydrogen (secondary N) is 1. The largest absolute Gasteiger partial charge is 0.279 e. The molecule has 1 heterocycles. The molecule has 104 valence electrons. The molecule has 0 saturated carbocycles. The molecule has 3 nitrogen and oxygen atoms in total. The van der Waals surface area contributed by atoms with Crippen LogP contribution in [0.3, 0.4) is 0 Å². The van der Waals surface area contributed by atoms with Crippen LogP contribution >= 0.6 is 11.6 Å². The van der Waals surface area contributed by atoms with E-state index in [-0.39, 0.29) is 0 Å². The summed E-state index contributed by atoms with van der Waals surface area (Å²) in [7, 11) is 0. The van der Waals surface area contributed by atoms with Crippen LogP contribution in [-0.2, 0) is 0 Å². The van der Waals surface area contributed by atoms with Gasteiger partial charge in [0.15, 0.2) is 0 Å². The molecule has 1 aromatic heterocycles. The Morgan fingerprint density at radius 3 is 2.67 bits per heavy atom. The number of para-hydroxylation sites is 1. The van der Waals surface area contributed by atoms with Gasteiger partial charge in [0.25, 0.3) is 0 Å². The van der Waals surface area contributed by atoms with Gasteiger partial charge in [0.1, 0.15) is 5.15 Å². The number of hydrogen-bond acceptors (Lipinski definition) is 3. The van der Waals surface area contributed by atoms with Gasteiger partial charge in [0.05, 0.1) is 17.4 Å². The van der Waals surface area contributed by atoms with Gasteiger partial charge in [0, 0.05) is 10.9 Å². The van der Waals surface area contributed by atoms with Crippen molar-refractivity contribution in [1.82, 2.24) is 4.98 Å². The van der Waals surface area contributed by atoms with E-state index in [0.717, 1.165) is 22.2 Å². The summed E-state index contributed by atoms with van der Waals surface area (Å²) >= 11 is 6.18. The number of aryl methyl sites for hydroxylation is 1. The van der Waals surface area contributed by atoms with E-state index in [0.29, 0.717) is 5.15 Å². The maximum absolute atomic E-state index is 6.18. The molecular formula is C17H14ClN3. The monoisotopic (exact) mass is 295 g/mol. The number of hydrazone groups is 1. The average Bonchev–Trinajstić information content (AvgIpc) is 2.50. The van der Waals surface area contributed by atoms with Crippen LogP contribution in [0.25, 0.3) is 10.9 Å². The van der Waals surface area contributed by atoms with Crippen molar-refractivity contribution >= 4 is 34.4 Å². The minimum atomic E-state index is 0.447. The normalized spacial score (nSPS) is 11.1. The van der Waals surface area contributed by atoms with Gasteiger partial charge in [-0.15, -0.1) is 0 Å². The predicted molar refractivity (Wildman–Crippen MR) is 89.1 cm³/mol. The fourth-order valence-electron chi connectivity index (χ4n) is 2.00. The zero-order valence-electron chi connectivity index (χ0n) is 11.5. The Balaban J connectivity index is 1.82. The van der Waals surface area contributed by atoms with Crippen molar-refractivity contribution in [1.29, 1.82) is 0 Å². The van der Waals surface area contributed by atoms with E-state index in [1.165, 1.54) is 5.56 Å².